The third kappa shape index (κ3) is 5.46. The normalized spacial score (nSPS) is 24.7. The molecule has 0 spiro atoms. The van der Waals surface area contributed by atoms with Crippen LogP contribution in [-0.4, -0.2) is 92.2 Å². The SMILES string of the molecule is Cc1ccc(N2CCC(CN3CCN(CC4CCN(C)CC4)CC3)CC2)nc1. The van der Waals surface area contributed by atoms with E-state index in [1.54, 1.807) is 0 Å². The molecule has 3 saturated heterocycles. The van der Waals surface area contributed by atoms with Gasteiger partial charge >= 0.3 is 0 Å². The molecule has 0 aromatic carbocycles. The lowest BCUT2D eigenvalue weighted by Gasteiger charge is -2.40. The van der Waals surface area contributed by atoms with Gasteiger partial charge in [0.25, 0.3) is 0 Å². The maximum absolute atomic E-state index is 4.61. The highest BCUT2D eigenvalue weighted by molar-refractivity contribution is 5.39. The monoisotopic (exact) mass is 385 g/mol. The van der Waals surface area contributed by atoms with Crippen molar-refractivity contribution in [2.45, 2.75) is 32.6 Å². The Bertz CT molecular complexity index is 580. The lowest BCUT2D eigenvalue weighted by atomic mass is 9.95. The number of hydrogen-bond acceptors (Lipinski definition) is 5. The van der Waals surface area contributed by atoms with Gasteiger partial charge in [0.2, 0.25) is 0 Å². The van der Waals surface area contributed by atoms with E-state index in [1.165, 1.54) is 83.6 Å². The van der Waals surface area contributed by atoms with Crippen LogP contribution in [0.2, 0.25) is 0 Å². The zero-order valence-corrected chi connectivity index (χ0v) is 18.0. The standard InChI is InChI=1S/C23H39N5/c1-20-3-4-23(24-17-20)28-11-7-22(8-12-28)19-27-15-13-26(14-16-27)18-21-5-9-25(2)10-6-21/h3-4,17,21-22H,5-16,18-19H2,1-2H3. The van der Waals surface area contributed by atoms with Crippen molar-refractivity contribution < 1.29 is 0 Å². The molecule has 0 saturated carbocycles. The molecular formula is C23H39N5. The summed E-state index contributed by atoms with van der Waals surface area (Å²) in [6.07, 6.45) is 7.40. The quantitative estimate of drug-likeness (QED) is 0.776. The van der Waals surface area contributed by atoms with E-state index >= 15 is 0 Å². The number of nitrogens with zero attached hydrogens (tertiary/aromatic N) is 5. The van der Waals surface area contributed by atoms with Crippen LogP contribution in [0.3, 0.4) is 0 Å². The molecule has 0 aliphatic carbocycles. The highest BCUT2D eigenvalue weighted by atomic mass is 15.3. The summed E-state index contributed by atoms with van der Waals surface area (Å²) in [5.74, 6) is 2.95. The van der Waals surface area contributed by atoms with Crippen LogP contribution in [0.4, 0.5) is 5.82 Å². The van der Waals surface area contributed by atoms with Crippen molar-refractivity contribution in [2.24, 2.45) is 11.8 Å². The first kappa shape index (κ1) is 20.1. The maximum atomic E-state index is 4.61. The van der Waals surface area contributed by atoms with Crippen molar-refractivity contribution in [1.82, 2.24) is 19.7 Å². The van der Waals surface area contributed by atoms with Crippen LogP contribution in [0.25, 0.3) is 0 Å². The number of likely N-dealkylation sites (tertiary alicyclic amines) is 1. The van der Waals surface area contributed by atoms with Crippen molar-refractivity contribution in [3.8, 4) is 0 Å². The second kappa shape index (κ2) is 9.55. The van der Waals surface area contributed by atoms with Crippen molar-refractivity contribution in [2.75, 3.05) is 77.4 Å². The Balaban J connectivity index is 1.14. The Morgan fingerprint density at radius 3 is 1.82 bits per heavy atom. The number of piperidine rings is 2. The van der Waals surface area contributed by atoms with Crippen LogP contribution in [-0.2, 0) is 0 Å². The Morgan fingerprint density at radius 1 is 0.786 bits per heavy atom. The Morgan fingerprint density at radius 2 is 1.32 bits per heavy atom. The Kier molecular flexibility index (Phi) is 6.86. The fourth-order valence-electron chi connectivity index (χ4n) is 5.12. The van der Waals surface area contributed by atoms with Crippen molar-refractivity contribution in [3.63, 3.8) is 0 Å². The van der Waals surface area contributed by atoms with Crippen LogP contribution in [0.15, 0.2) is 18.3 Å². The van der Waals surface area contributed by atoms with Gasteiger partial charge in [0.15, 0.2) is 0 Å². The predicted molar refractivity (Wildman–Crippen MR) is 117 cm³/mol. The fraction of sp³-hybridized carbons (Fsp3) is 0.783. The number of anilines is 1. The minimum Gasteiger partial charge on any atom is -0.357 e. The molecule has 0 N–H and O–H groups in total. The molecule has 4 heterocycles. The molecule has 28 heavy (non-hydrogen) atoms. The van der Waals surface area contributed by atoms with Crippen LogP contribution >= 0.6 is 0 Å². The summed E-state index contributed by atoms with van der Waals surface area (Å²) < 4.78 is 0. The molecule has 0 unspecified atom stereocenters. The number of hydrogen-bond donors (Lipinski definition) is 0. The molecule has 1 aromatic rings. The third-order valence-electron chi connectivity index (χ3n) is 7.17. The van der Waals surface area contributed by atoms with Crippen molar-refractivity contribution >= 4 is 5.82 Å². The predicted octanol–water partition coefficient (Wildman–Crippen LogP) is 2.57. The minimum absolute atomic E-state index is 0.863. The molecule has 156 valence electrons. The zero-order chi connectivity index (χ0) is 19.3. The van der Waals surface area contributed by atoms with E-state index in [0.717, 1.165) is 30.7 Å². The first-order valence-electron chi connectivity index (χ1n) is 11.5. The molecule has 4 rings (SSSR count). The number of rotatable bonds is 5. The highest BCUT2D eigenvalue weighted by Gasteiger charge is 2.26. The number of pyridine rings is 1. The van der Waals surface area contributed by atoms with Crippen LogP contribution in [0, 0.1) is 18.8 Å². The van der Waals surface area contributed by atoms with E-state index in [1.807, 2.05) is 6.20 Å². The molecular weight excluding hydrogens is 346 g/mol. The zero-order valence-electron chi connectivity index (χ0n) is 18.0. The summed E-state index contributed by atoms with van der Waals surface area (Å²) in [4.78, 5) is 15.0. The fourth-order valence-corrected chi connectivity index (χ4v) is 5.12. The third-order valence-corrected chi connectivity index (χ3v) is 7.17. The van der Waals surface area contributed by atoms with Gasteiger partial charge in [0.05, 0.1) is 0 Å². The molecule has 0 amide bonds. The van der Waals surface area contributed by atoms with Crippen LogP contribution < -0.4 is 4.90 Å². The van der Waals surface area contributed by atoms with Gasteiger partial charge in [0, 0.05) is 58.6 Å². The van der Waals surface area contributed by atoms with Gasteiger partial charge in [-0.15, -0.1) is 0 Å². The van der Waals surface area contributed by atoms with Gasteiger partial charge in [-0.1, -0.05) is 6.07 Å². The maximum Gasteiger partial charge on any atom is 0.128 e. The van der Waals surface area contributed by atoms with Gasteiger partial charge in [-0.3, -0.25) is 0 Å². The number of aromatic nitrogens is 1. The van der Waals surface area contributed by atoms with Gasteiger partial charge in [-0.05, 0) is 76.2 Å². The highest BCUT2D eigenvalue weighted by Crippen LogP contribution is 2.23. The summed E-state index contributed by atoms with van der Waals surface area (Å²) in [5.41, 5.74) is 1.24. The molecule has 3 fully saturated rings. The molecule has 5 nitrogen and oxygen atoms in total. The molecule has 3 aliphatic heterocycles. The van der Waals surface area contributed by atoms with Crippen molar-refractivity contribution in [3.05, 3.63) is 23.9 Å². The topological polar surface area (TPSA) is 25.9 Å². The molecule has 3 aliphatic rings. The van der Waals surface area contributed by atoms with E-state index in [9.17, 15) is 0 Å². The van der Waals surface area contributed by atoms with E-state index in [4.69, 9.17) is 0 Å². The van der Waals surface area contributed by atoms with Gasteiger partial charge in [-0.25, -0.2) is 4.98 Å². The molecule has 0 atom stereocenters. The van der Waals surface area contributed by atoms with E-state index in [2.05, 4.69) is 50.7 Å². The average Bonchev–Trinajstić information content (AvgIpc) is 2.72. The minimum atomic E-state index is 0.863. The van der Waals surface area contributed by atoms with Crippen LogP contribution in [0.5, 0.6) is 0 Å². The summed E-state index contributed by atoms with van der Waals surface area (Å²) >= 11 is 0. The number of aryl methyl sites for hydroxylation is 1. The average molecular weight is 386 g/mol. The second-order valence-electron chi connectivity index (χ2n) is 9.47. The Labute approximate surface area is 171 Å². The largest absolute Gasteiger partial charge is 0.357 e. The summed E-state index contributed by atoms with van der Waals surface area (Å²) in [6.45, 7) is 14.8. The summed E-state index contributed by atoms with van der Waals surface area (Å²) in [6, 6.07) is 4.36. The summed E-state index contributed by atoms with van der Waals surface area (Å²) in [7, 11) is 2.26. The van der Waals surface area contributed by atoms with Crippen molar-refractivity contribution in [1.29, 1.82) is 0 Å². The first-order valence-corrected chi connectivity index (χ1v) is 11.5. The van der Waals surface area contributed by atoms with E-state index in [-0.39, 0.29) is 0 Å². The van der Waals surface area contributed by atoms with Gasteiger partial charge in [0.1, 0.15) is 5.82 Å². The first-order chi connectivity index (χ1) is 13.7. The lowest BCUT2D eigenvalue weighted by molar-refractivity contribution is 0.0880. The smallest absolute Gasteiger partial charge is 0.128 e. The Hall–Kier alpha value is -1.17. The molecule has 1 aromatic heterocycles. The molecule has 0 radical (unpaired) electrons. The molecule has 5 heteroatoms. The van der Waals surface area contributed by atoms with E-state index in [0.29, 0.717) is 0 Å². The number of piperazine rings is 1. The van der Waals surface area contributed by atoms with Gasteiger partial charge in [-0.2, -0.15) is 0 Å². The van der Waals surface area contributed by atoms with E-state index < -0.39 is 0 Å². The second-order valence-corrected chi connectivity index (χ2v) is 9.47. The summed E-state index contributed by atoms with van der Waals surface area (Å²) in [5, 5.41) is 0. The molecule has 0 bridgehead atoms. The van der Waals surface area contributed by atoms with Crippen LogP contribution in [0.1, 0.15) is 31.2 Å². The lowest BCUT2D eigenvalue weighted by Crippen LogP contribution is -2.50. The van der Waals surface area contributed by atoms with Gasteiger partial charge < -0.3 is 19.6 Å².